The first-order valence-corrected chi connectivity index (χ1v) is 8.21. The van der Waals surface area contributed by atoms with E-state index >= 15 is 0 Å². The van der Waals surface area contributed by atoms with Crippen molar-refractivity contribution in [3.8, 4) is 11.5 Å². The lowest BCUT2D eigenvalue weighted by Crippen LogP contribution is -2.35. The van der Waals surface area contributed by atoms with Crippen LogP contribution in [0.25, 0.3) is 0 Å². The quantitative estimate of drug-likeness (QED) is 0.826. The number of para-hydroxylation sites is 1. The minimum absolute atomic E-state index is 0.0598. The molecule has 0 saturated carbocycles. The lowest BCUT2D eigenvalue weighted by atomic mass is 10.1. The van der Waals surface area contributed by atoms with E-state index in [-0.39, 0.29) is 5.54 Å². The van der Waals surface area contributed by atoms with E-state index < -0.39 is 0 Å². The number of pyridine rings is 1. The minimum Gasteiger partial charge on any atom is -0.456 e. The van der Waals surface area contributed by atoms with Gasteiger partial charge in [0.05, 0.1) is 0 Å². The van der Waals surface area contributed by atoms with Gasteiger partial charge in [0.2, 0.25) is 0 Å². The summed E-state index contributed by atoms with van der Waals surface area (Å²) in [5, 5.41) is 3.47. The van der Waals surface area contributed by atoms with E-state index in [0.29, 0.717) is 0 Å². The molecule has 2 rings (SSSR count). The number of benzene rings is 1. The van der Waals surface area contributed by atoms with Crippen LogP contribution in [-0.4, -0.2) is 16.8 Å². The maximum Gasteiger partial charge on any atom is 0.140 e. The van der Waals surface area contributed by atoms with Gasteiger partial charge >= 0.3 is 0 Å². The van der Waals surface area contributed by atoms with E-state index in [1.54, 1.807) is 18.0 Å². The van der Waals surface area contributed by atoms with Crippen LogP contribution in [0.1, 0.15) is 26.3 Å². The fourth-order valence-corrected chi connectivity index (χ4v) is 2.35. The number of aromatic nitrogens is 1. The first-order chi connectivity index (χ1) is 9.99. The van der Waals surface area contributed by atoms with E-state index in [1.807, 2.05) is 30.5 Å². The summed E-state index contributed by atoms with van der Waals surface area (Å²) in [7, 11) is 0. The molecule has 0 aliphatic carbocycles. The third-order valence-corrected chi connectivity index (χ3v) is 3.73. The maximum absolute atomic E-state index is 6.10. The summed E-state index contributed by atoms with van der Waals surface area (Å²) < 4.78 is 6.10. The topological polar surface area (TPSA) is 34.1 Å². The zero-order chi connectivity index (χ0) is 15.3. The lowest BCUT2D eigenvalue weighted by molar-refractivity contribution is 0.412. The molecule has 1 N–H and O–H groups in total. The number of nitrogens with zero attached hydrogens (tertiary/aromatic N) is 1. The number of hydrogen-bond acceptors (Lipinski definition) is 4. The Morgan fingerprint density at radius 3 is 2.62 bits per heavy atom. The van der Waals surface area contributed by atoms with Crippen molar-refractivity contribution in [1.29, 1.82) is 0 Å². The molecule has 4 heteroatoms. The van der Waals surface area contributed by atoms with Crippen molar-refractivity contribution in [2.75, 3.05) is 6.26 Å². The van der Waals surface area contributed by atoms with Crippen LogP contribution in [0.2, 0.25) is 0 Å². The van der Waals surface area contributed by atoms with Gasteiger partial charge in [-0.25, -0.2) is 0 Å². The minimum atomic E-state index is 0.0598. The first-order valence-electron chi connectivity index (χ1n) is 6.98. The predicted octanol–water partition coefficient (Wildman–Crippen LogP) is 4.48. The molecule has 0 saturated heterocycles. The van der Waals surface area contributed by atoms with Crippen molar-refractivity contribution in [3.05, 3.63) is 48.3 Å². The van der Waals surface area contributed by atoms with Gasteiger partial charge in [0.15, 0.2) is 0 Å². The van der Waals surface area contributed by atoms with Crippen LogP contribution < -0.4 is 10.1 Å². The average molecular weight is 302 g/mol. The van der Waals surface area contributed by atoms with Gasteiger partial charge in [0.1, 0.15) is 11.5 Å². The highest BCUT2D eigenvalue weighted by atomic mass is 32.2. The summed E-state index contributed by atoms with van der Waals surface area (Å²) in [6.07, 6.45) is 5.67. The summed E-state index contributed by atoms with van der Waals surface area (Å²) in [6.45, 7) is 7.17. The third kappa shape index (κ3) is 4.76. The maximum atomic E-state index is 6.10. The van der Waals surface area contributed by atoms with Gasteiger partial charge in [-0.2, -0.15) is 0 Å². The zero-order valence-corrected chi connectivity index (χ0v) is 13.8. The van der Waals surface area contributed by atoms with Crippen molar-refractivity contribution in [1.82, 2.24) is 10.3 Å². The molecule has 0 spiro atoms. The molecule has 0 radical (unpaired) electrons. The number of thioether (sulfide) groups is 1. The lowest BCUT2D eigenvalue weighted by Gasteiger charge is -2.21. The van der Waals surface area contributed by atoms with Crippen LogP contribution >= 0.6 is 11.8 Å². The largest absolute Gasteiger partial charge is 0.456 e. The number of hydrogen-bond donors (Lipinski definition) is 1. The molecule has 112 valence electrons. The number of rotatable bonds is 5. The Bertz CT molecular complexity index is 593. The van der Waals surface area contributed by atoms with Crippen LogP contribution in [0.3, 0.4) is 0 Å². The molecule has 0 unspecified atom stereocenters. The molecule has 0 fully saturated rings. The highest BCUT2D eigenvalue weighted by molar-refractivity contribution is 7.98. The molecular weight excluding hydrogens is 280 g/mol. The Morgan fingerprint density at radius 2 is 1.90 bits per heavy atom. The molecule has 3 nitrogen and oxygen atoms in total. The predicted molar refractivity (Wildman–Crippen MR) is 89.1 cm³/mol. The molecule has 1 aromatic carbocycles. The first kappa shape index (κ1) is 15.9. The van der Waals surface area contributed by atoms with E-state index in [4.69, 9.17) is 4.74 Å². The van der Waals surface area contributed by atoms with Crippen molar-refractivity contribution < 1.29 is 4.74 Å². The molecular formula is C17H22N2OS. The molecule has 1 heterocycles. The van der Waals surface area contributed by atoms with Gasteiger partial charge in [-0.15, -0.1) is 11.8 Å². The highest BCUT2D eigenvalue weighted by Crippen LogP contribution is 2.32. The summed E-state index contributed by atoms with van der Waals surface area (Å²) in [5.74, 6) is 1.73. The van der Waals surface area contributed by atoms with Crippen LogP contribution in [0.4, 0.5) is 0 Å². The second-order valence-electron chi connectivity index (χ2n) is 5.84. The van der Waals surface area contributed by atoms with Crippen molar-refractivity contribution in [2.45, 2.75) is 37.8 Å². The van der Waals surface area contributed by atoms with E-state index in [2.05, 4.69) is 43.4 Å². The highest BCUT2D eigenvalue weighted by Gasteiger charge is 2.12. The molecule has 0 bridgehead atoms. The number of nitrogens with one attached hydrogen (secondary N) is 1. The Labute approximate surface area is 131 Å². The second-order valence-corrected chi connectivity index (χ2v) is 6.69. The van der Waals surface area contributed by atoms with Crippen molar-refractivity contribution in [2.24, 2.45) is 0 Å². The van der Waals surface area contributed by atoms with Gasteiger partial charge in [0, 0.05) is 34.9 Å². The van der Waals surface area contributed by atoms with Crippen LogP contribution in [0, 0.1) is 0 Å². The molecule has 0 aliphatic heterocycles. The van der Waals surface area contributed by atoms with Crippen LogP contribution in [-0.2, 0) is 6.54 Å². The summed E-state index contributed by atoms with van der Waals surface area (Å²) >= 11 is 1.68. The zero-order valence-electron chi connectivity index (χ0n) is 13.0. The van der Waals surface area contributed by atoms with E-state index in [1.165, 1.54) is 0 Å². The number of ether oxygens (including phenoxy) is 1. The third-order valence-electron chi connectivity index (χ3n) is 2.96. The fourth-order valence-electron chi connectivity index (χ4n) is 1.83. The van der Waals surface area contributed by atoms with Crippen molar-refractivity contribution in [3.63, 3.8) is 0 Å². The van der Waals surface area contributed by atoms with Crippen molar-refractivity contribution >= 4 is 11.8 Å². The normalized spacial score (nSPS) is 11.4. The van der Waals surface area contributed by atoms with Crippen LogP contribution in [0.15, 0.2) is 47.6 Å². The second kappa shape index (κ2) is 6.96. The molecule has 0 atom stereocenters. The molecule has 0 amide bonds. The molecule has 1 aromatic heterocycles. The SMILES string of the molecule is CSc1ccccc1Oc1ccncc1CNC(C)(C)C. The Kier molecular flexibility index (Phi) is 5.26. The smallest absolute Gasteiger partial charge is 0.140 e. The summed E-state index contributed by atoms with van der Waals surface area (Å²) in [4.78, 5) is 5.33. The average Bonchev–Trinajstić information content (AvgIpc) is 2.46. The van der Waals surface area contributed by atoms with Gasteiger partial charge in [-0.3, -0.25) is 4.98 Å². The standard InChI is InChI=1S/C17H22N2OS/c1-17(2,3)19-12-13-11-18-10-9-14(13)20-15-7-5-6-8-16(15)21-4/h5-11,19H,12H2,1-4H3. The molecule has 21 heavy (non-hydrogen) atoms. The Hall–Kier alpha value is -1.52. The Balaban J connectivity index is 2.20. The van der Waals surface area contributed by atoms with Gasteiger partial charge < -0.3 is 10.1 Å². The Morgan fingerprint density at radius 1 is 1.14 bits per heavy atom. The molecule has 2 aromatic rings. The monoisotopic (exact) mass is 302 g/mol. The van der Waals surface area contributed by atoms with Gasteiger partial charge in [0.25, 0.3) is 0 Å². The summed E-state index contributed by atoms with van der Waals surface area (Å²) in [5.41, 5.74) is 1.12. The van der Waals surface area contributed by atoms with E-state index in [9.17, 15) is 0 Å². The summed E-state index contributed by atoms with van der Waals surface area (Å²) in [6, 6.07) is 9.98. The fraction of sp³-hybridized carbons (Fsp3) is 0.353. The molecule has 0 aliphatic rings. The van der Waals surface area contributed by atoms with E-state index in [0.717, 1.165) is 28.5 Å². The van der Waals surface area contributed by atoms with Gasteiger partial charge in [-0.05, 0) is 45.2 Å². The van der Waals surface area contributed by atoms with Crippen LogP contribution in [0.5, 0.6) is 11.5 Å². The van der Waals surface area contributed by atoms with Gasteiger partial charge in [-0.1, -0.05) is 12.1 Å².